The fourth-order valence-electron chi connectivity index (χ4n) is 3.22. The Hall–Kier alpha value is -2.96. The van der Waals surface area contributed by atoms with Crippen molar-refractivity contribution in [2.45, 2.75) is 25.7 Å². The van der Waals surface area contributed by atoms with Crippen LogP contribution in [0.3, 0.4) is 0 Å². The normalized spacial score (nSPS) is 13.2. The van der Waals surface area contributed by atoms with Crippen LogP contribution in [0.5, 0.6) is 0 Å². The van der Waals surface area contributed by atoms with Crippen LogP contribution in [0.4, 0.5) is 5.69 Å². The average Bonchev–Trinajstić information content (AvgIpc) is 2.61. The highest BCUT2D eigenvalue weighted by Crippen LogP contribution is 2.36. The number of esters is 1. The van der Waals surface area contributed by atoms with Gasteiger partial charge in [0.25, 0.3) is 0 Å². The van der Waals surface area contributed by atoms with Crippen LogP contribution in [0.25, 0.3) is 11.3 Å². The first-order valence-electron chi connectivity index (χ1n) is 7.65. The van der Waals surface area contributed by atoms with Gasteiger partial charge < -0.3 is 9.94 Å². The van der Waals surface area contributed by atoms with Crippen LogP contribution in [-0.4, -0.2) is 18.0 Å². The number of carbonyl (C=O) groups excluding carboxylic acids is 1. The van der Waals surface area contributed by atoms with E-state index in [0.717, 1.165) is 12.8 Å². The van der Waals surface area contributed by atoms with Gasteiger partial charge >= 0.3 is 17.4 Å². The molecule has 1 aromatic carbocycles. The smallest absolute Gasteiger partial charge is 0.356 e. The van der Waals surface area contributed by atoms with Gasteiger partial charge in [-0.1, -0.05) is 18.2 Å². The molecule has 0 fully saturated rings. The van der Waals surface area contributed by atoms with Crippen LogP contribution < -0.4 is 4.73 Å². The minimum Gasteiger partial charge on any atom is -0.618 e. The molecule has 0 aliphatic heterocycles. The van der Waals surface area contributed by atoms with Crippen molar-refractivity contribution in [3.63, 3.8) is 0 Å². The summed E-state index contributed by atoms with van der Waals surface area (Å²) in [5.74, 6) is -0.780. The Bertz CT molecular complexity index is 818. The number of hydrogen-bond acceptors (Lipinski definition) is 5. The molecule has 1 aliphatic rings. The molecule has 0 bridgehead atoms. The Balaban J connectivity index is 2.44. The van der Waals surface area contributed by atoms with Crippen molar-refractivity contribution in [1.29, 1.82) is 0 Å². The Morgan fingerprint density at radius 2 is 1.88 bits per heavy atom. The highest BCUT2D eigenvalue weighted by molar-refractivity contribution is 5.98. The molecule has 0 amide bonds. The minimum atomic E-state index is -0.780. The summed E-state index contributed by atoms with van der Waals surface area (Å²) in [5, 5.41) is 24.6. The molecule has 7 heteroatoms. The fraction of sp³-hybridized carbons (Fsp3) is 0.294. The van der Waals surface area contributed by atoms with Crippen LogP contribution in [0.2, 0.25) is 0 Å². The molecule has 0 unspecified atom stereocenters. The molecule has 2 aromatic rings. The summed E-state index contributed by atoms with van der Waals surface area (Å²) in [7, 11) is 1.18. The summed E-state index contributed by atoms with van der Waals surface area (Å²) in [6, 6.07) is 8.37. The molecule has 1 heterocycles. The molecular weight excluding hydrogens is 312 g/mol. The zero-order valence-corrected chi connectivity index (χ0v) is 13.2. The highest BCUT2D eigenvalue weighted by Gasteiger charge is 2.40. The summed E-state index contributed by atoms with van der Waals surface area (Å²) in [5.41, 5.74) is 0.576. The number of pyridine rings is 1. The van der Waals surface area contributed by atoms with Gasteiger partial charge in [0, 0.05) is 12.0 Å². The quantitative estimate of drug-likeness (QED) is 0.284. The first-order valence-corrected chi connectivity index (χ1v) is 7.65. The average molecular weight is 328 g/mol. The second-order valence-electron chi connectivity index (χ2n) is 5.61. The number of hydrogen-bond donors (Lipinski definition) is 0. The summed E-state index contributed by atoms with van der Waals surface area (Å²) in [6.45, 7) is 0. The van der Waals surface area contributed by atoms with E-state index in [1.165, 1.54) is 7.11 Å². The predicted molar refractivity (Wildman–Crippen MR) is 85.5 cm³/mol. The predicted octanol–water partition coefficient (Wildman–Crippen LogP) is 2.56. The topological polar surface area (TPSA) is 96.4 Å². The second kappa shape index (κ2) is 6.27. The number of nitrogens with zero attached hydrogens (tertiary/aromatic N) is 2. The van der Waals surface area contributed by atoms with Crippen molar-refractivity contribution >= 4 is 11.7 Å². The molecule has 0 radical (unpaired) electrons. The molecule has 1 aliphatic carbocycles. The van der Waals surface area contributed by atoms with Crippen LogP contribution in [0, 0.1) is 15.3 Å². The molecule has 0 spiro atoms. The van der Waals surface area contributed by atoms with E-state index in [1.807, 2.05) is 0 Å². The van der Waals surface area contributed by atoms with E-state index >= 15 is 0 Å². The van der Waals surface area contributed by atoms with Crippen LogP contribution in [0.1, 0.15) is 34.5 Å². The number of carbonyl (C=O) groups is 1. The second-order valence-corrected chi connectivity index (χ2v) is 5.61. The molecule has 0 atom stereocenters. The summed E-state index contributed by atoms with van der Waals surface area (Å²) < 4.78 is 5.39. The number of ether oxygens (including phenoxy) is 1. The van der Waals surface area contributed by atoms with Crippen LogP contribution >= 0.6 is 0 Å². The first kappa shape index (κ1) is 15.9. The molecule has 24 heavy (non-hydrogen) atoms. The van der Waals surface area contributed by atoms with Gasteiger partial charge in [-0.3, -0.25) is 10.1 Å². The van der Waals surface area contributed by atoms with Gasteiger partial charge in [-0.2, -0.15) is 4.73 Å². The molecule has 3 rings (SSSR count). The highest BCUT2D eigenvalue weighted by atomic mass is 16.6. The maximum Gasteiger partial charge on any atom is 0.356 e. The Morgan fingerprint density at radius 3 is 2.50 bits per heavy atom. The third-order valence-electron chi connectivity index (χ3n) is 4.27. The van der Waals surface area contributed by atoms with E-state index in [4.69, 9.17) is 4.74 Å². The standard InChI is InChI=1S/C17H16N2O5/c1-24-17(20)14-12-9-5-6-10-13(12)18(21)15(16(14)19(22)23)11-7-3-2-4-8-11/h2-4,7-8H,5-6,9-10H2,1H3. The van der Waals surface area contributed by atoms with Crippen molar-refractivity contribution in [3.05, 3.63) is 62.5 Å². The van der Waals surface area contributed by atoms with Crippen molar-refractivity contribution in [1.82, 2.24) is 0 Å². The molecule has 124 valence electrons. The molecule has 1 aromatic heterocycles. The van der Waals surface area contributed by atoms with Gasteiger partial charge in [0.05, 0.1) is 17.6 Å². The lowest BCUT2D eigenvalue weighted by Crippen LogP contribution is -2.39. The Kier molecular flexibility index (Phi) is 4.16. The molecule has 0 saturated heterocycles. The maximum absolute atomic E-state index is 12.9. The molecular formula is C17H16N2O5. The van der Waals surface area contributed by atoms with Gasteiger partial charge in [-0.15, -0.1) is 0 Å². The summed E-state index contributed by atoms with van der Waals surface area (Å²) in [6.07, 6.45) is 2.53. The minimum absolute atomic E-state index is 0.0943. The van der Waals surface area contributed by atoms with Gasteiger partial charge in [0.15, 0.2) is 11.3 Å². The zero-order chi connectivity index (χ0) is 17.3. The molecule has 7 nitrogen and oxygen atoms in total. The van der Waals surface area contributed by atoms with Gasteiger partial charge in [-0.25, -0.2) is 4.79 Å². The number of nitro groups is 1. The zero-order valence-electron chi connectivity index (χ0n) is 13.2. The van der Waals surface area contributed by atoms with E-state index in [2.05, 4.69) is 0 Å². The SMILES string of the molecule is COC(=O)c1c2c([n+]([O-])c(-c3ccccc3)c1[N+](=O)[O-])CCCC2. The maximum atomic E-state index is 12.9. The van der Waals surface area contributed by atoms with E-state index < -0.39 is 16.6 Å². The van der Waals surface area contributed by atoms with Crippen molar-refractivity contribution < 1.29 is 19.2 Å². The van der Waals surface area contributed by atoms with E-state index in [1.54, 1.807) is 30.3 Å². The number of methoxy groups -OCH3 is 1. The van der Waals surface area contributed by atoms with Crippen molar-refractivity contribution in [3.8, 4) is 11.3 Å². The fourth-order valence-corrected chi connectivity index (χ4v) is 3.22. The van der Waals surface area contributed by atoms with Gasteiger partial charge in [-0.05, 0) is 31.4 Å². The number of benzene rings is 1. The third kappa shape index (κ3) is 2.47. The van der Waals surface area contributed by atoms with Crippen molar-refractivity contribution in [2.75, 3.05) is 7.11 Å². The number of fused-ring (bicyclic) bond motifs is 1. The van der Waals surface area contributed by atoms with Crippen LogP contribution in [0.15, 0.2) is 30.3 Å². The first-order chi connectivity index (χ1) is 11.6. The van der Waals surface area contributed by atoms with Gasteiger partial charge in [0.1, 0.15) is 0 Å². The van der Waals surface area contributed by atoms with Crippen LogP contribution in [-0.2, 0) is 17.6 Å². The van der Waals surface area contributed by atoms with E-state index in [-0.39, 0.29) is 11.3 Å². The molecule has 0 saturated carbocycles. The van der Waals surface area contributed by atoms with Gasteiger partial charge in [0.2, 0.25) is 0 Å². The summed E-state index contributed by atoms with van der Waals surface area (Å²) >= 11 is 0. The molecule has 0 N–H and O–H groups in total. The summed E-state index contributed by atoms with van der Waals surface area (Å²) in [4.78, 5) is 23.3. The van der Waals surface area contributed by atoms with E-state index in [9.17, 15) is 20.1 Å². The largest absolute Gasteiger partial charge is 0.618 e. The van der Waals surface area contributed by atoms with E-state index in [0.29, 0.717) is 34.4 Å². The lowest BCUT2D eigenvalue weighted by molar-refractivity contribution is -0.607. The lowest BCUT2D eigenvalue weighted by Gasteiger charge is -2.20. The third-order valence-corrected chi connectivity index (χ3v) is 4.27. The Morgan fingerprint density at radius 1 is 1.21 bits per heavy atom. The van der Waals surface area contributed by atoms with Crippen molar-refractivity contribution in [2.24, 2.45) is 0 Å². The lowest BCUT2D eigenvalue weighted by atomic mass is 9.89. The number of aromatic nitrogens is 1. The number of rotatable bonds is 3. The Labute approximate surface area is 138 Å². The monoisotopic (exact) mass is 328 g/mol.